The molecule has 1 N–H and O–H groups in total. The molecule has 4 nitrogen and oxygen atoms in total. The van der Waals surface area contributed by atoms with Crippen LogP contribution in [0, 0.1) is 0 Å². The third kappa shape index (κ3) is 2.08. The van der Waals surface area contributed by atoms with Crippen LogP contribution in [0.4, 0.5) is 17.6 Å². The fraction of sp³-hybridized carbons (Fsp3) is 0.429. The van der Waals surface area contributed by atoms with Gasteiger partial charge in [-0.15, -0.1) is 0 Å². The number of ether oxygens (including phenoxy) is 1. The minimum absolute atomic E-state index is 0.479. The number of hydrogen-bond donors (Lipinski definition) is 1. The molecular weight excluding hydrogens is 220 g/mol. The van der Waals surface area contributed by atoms with Crippen LogP contribution < -0.4 is 0 Å². The Morgan fingerprint density at radius 2 is 2.20 bits per heavy atom. The molecule has 0 aromatic carbocycles. The van der Waals surface area contributed by atoms with Crippen LogP contribution in [0.3, 0.4) is 0 Å². The Morgan fingerprint density at radius 3 is 2.67 bits per heavy atom. The van der Waals surface area contributed by atoms with Crippen molar-refractivity contribution < 1.29 is 27.1 Å². The van der Waals surface area contributed by atoms with E-state index in [1.165, 1.54) is 0 Å². The lowest BCUT2D eigenvalue weighted by Gasteiger charge is -2.11. The second-order valence-corrected chi connectivity index (χ2v) is 2.58. The molecule has 0 unspecified atom stereocenters. The summed E-state index contributed by atoms with van der Waals surface area (Å²) < 4.78 is 53.3. The molecule has 0 saturated carbocycles. The number of nitrogens with one attached hydrogen (secondary N) is 1. The second-order valence-electron chi connectivity index (χ2n) is 2.58. The number of carbonyl (C=O) groups is 1. The van der Waals surface area contributed by atoms with E-state index in [2.05, 4.69) is 9.84 Å². The summed E-state index contributed by atoms with van der Waals surface area (Å²) in [5.41, 5.74) is -1.61. The van der Waals surface area contributed by atoms with E-state index in [1.54, 1.807) is 5.10 Å². The van der Waals surface area contributed by atoms with Crippen molar-refractivity contribution in [1.29, 1.82) is 0 Å². The SMILES string of the molecule is COC(=O)c1cc(C(F)(F)C(F)F)[nH]n1. The topological polar surface area (TPSA) is 55.0 Å². The fourth-order valence-corrected chi connectivity index (χ4v) is 0.819. The first-order valence-electron chi connectivity index (χ1n) is 3.69. The standard InChI is InChI=1S/C7H6F4N2O2/c1-15-5(14)3-2-4(13-12-3)7(10,11)6(8)9/h2,6H,1H3,(H,12,13). The molecule has 15 heavy (non-hydrogen) atoms. The van der Waals surface area contributed by atoms with Gasteiger partial charge in [-0.05, 0) is 0 Å². The predicted octanol–water partition coefficient (Wildman–Crippen LogP) is 1.55. The van der Waals surface area contributed by atoms with Crippen LogP contribution in [0.5, 0.6) is 0 Å². The number of alkyl halides is 4. The van der Waals surface area contributed by atoms with Crippen molar-refractivity contribution in [1.82, 2.24) is 10.2 Å². The van der Waals surface area contributed by atoms with Gasteiger partial charge in [-0.3, -0.25) is 5.10 Å². The zero-order valence-electron chi connectivity index (χ0n) is 7.43. The normalized spacial score (nSPS) is 11.9. The van der Waals surface area contributed by atoms with Gasteiger partial charge in [0.1, 0.15) is 5.69 Å². The number of methoxy groups -OCH3 is 1. The van der Waals surface area contributed by atoms with Crippen molar-refractivity contribution in [3.8, 4) is 0 Å². The minimum atomic E-state index is -4.36. The van der Waals surface area contributed by atoms with Gasteiger partial charge in [-0.2, -0.15) is 13.9 Å². The van der Waals surface area contributed by atoms with Gasteiger partial charge in [-0.25, -0.2) is 13.6 Å². The smallest absolute Gasteiger partial charge is 0.358 e. The first-order valence-corrected chi connectivity index (χ1v) is 3.69. The summed E-state index contributed by atoms with van der Waals surface area (Å²) in [6.45, 7) is 0. The Balaban J connectivity index is 2.98. The molecule has 0 bridgehead atoms. The molecule has 0 saturated heterocycles. The number of aromatic nitrogens is 2. The van der Waals surface area contributed by atoms with E-state index in [4.69, 9.17) is 0 Å². The maximum Gasteiger partial charge on any atom is 0.358 e. The molecule has 1 aromatic heterocycles. The van der Waals surface area contributed by atoms with Crippen molar-refractivity contribution in [3.05, 3.63) is 17.5 Å². The third-order valence-electron chi connectivity index (χ3n) is 1.61. The molecule has 1 aromatic rings. The Bertz CT molecular complexity index is 364. The van der Waals surface area contributed by atoms with Gasteiger partial charge in [0.2, 0.25) is 0 Å². The van der Waals surface area contributed by atoms with Crippen LogP contribution in [0.1, 0.15) is 16.2 Å². The molecular formula is C7H6F4N2O2. The summed E-state index contributed by atoms with van der Waals surface area (Å²) in [5, 5.41) is 4.78. The molecule has 0 spiro atoms. The van der Waals surface area contributed by atoms with Crippen LogP contribution in [0.15, 0.2) is 6.07 Å². The van der Waals surface area contributed by atoms with Gasteiger partial charge in [-0.1, -0.05) is 0 Å². The summed E-state index contributed by atoms with van der Waals surface area (Å²) in [5.74, 6) is -5.35. The zero-order chi connectivity index (χ0) is 11.6. The van der Waals surface area contributed by atoms with E-state index >= 15 is 0 Å². The molecule has 1 rings (SSSR count). The monoisotopic (exact) mass is 226 g/mol. The largest absolute Gasteiger partial charge is 0.464 e. The number of esters is 1. The van der Waals surface area contributed by atoms with Gasteiger partial charge < -0.3 is 4.74 Å². The summed E-state index contributed by atoms with van der Waals surface area (Å²) >= 11 is 0. The Morgan fingerprint density at radius 1 is 1.60 bits per heavy atom. The third-order valence-corrected chi connectivity index (χ3v) is 1.61. The number of hydrogen-bond acceptors (Lipinski definition) is 3. The minimum Gasteiger partial charge on any atom is -0.464 e. The van der Waals surface area contributed by atoms with E-state index in [0.717, 1.165) is 7.11 Å². The number of H-pyrrole nitrogens is 1. The van der Waals surface area contributed by atoms with E-state index in [-0.39, 0.29) is 0 Å². The van der Waals surface area contributed by atoms with E-state index in [9.17, 15) is 22.4 Å². The van der Waals surface area contributed by atoms with Gasteiger partial charge in [0.25, 0.3) is 0 Å². The Kier molecular flexibility index (Phi) is 2.96. The lowest BCUT2D eigenvalue weighted by molar-refractivity contribution is -0.138. The van der Waals surface area contributed by atoms with Crippen LogP contribution in [0.25, 0.3) is 0 Å². The van der Waals surface area contributed by atoms with E-state index < -0.39 is 29.7 Å². The zero-order valence-corrected chi connectivity index (χ0v) is 7.43. The highest BCUT2D eigenvalue weighted by Crippen LogP contribution is 2.33. The number of aromatic amines is 1. The van der Waals surface area contributed by atoms with Crippen molar-refractivity contribution in [2.45, 2.75) is 12.3 Å². The molecule has 0 aliphatic heterocycles. The van der Waals surface area contributed by atoms with Gasteiger partial charge in [0, 0.05) is 6.07 Å². The molecule has 8 heteroatoms. The lowest BCUT2D eigenvalue weighted by atomic mass is 10.2. The predicted molar refractivity (Wildman–Crippen MR) is 39.8 cm³/mol. The Hall–Kier alpha value is -1.60. The highest BCUT2D eigenvalue weighted by atomic mass is 19.3. The maximum atomic E-state index is 12.7. The molecule has 0 aliphatic carbocycles. The highest BCUT2D eigenvalue weighted by molar-refractivity contribution is 5.87. The number of carbonyl (C=O) groups excluding carboxylic acids is 1. The van der Waals surface area contributed by atoms with Crippen LogP contribution >= 0.6 is 0 Å². The van der Waals surface area contributed by atoms with E-state index in [0.29, 0.717) is 6.07 Å². The quantitative estimate of drug-likeness (QED) is 0.628. The summed E-state index contributed by atoms with van der Waals surface area (Å²) in [6.07, 6.45) is -3.87. The molecule has 84 valence electrons. The number of halogens is 4. The van der Waals surface area contributed by atoms with Gasteiger partial charge in [0.15, 0.2) is 5.69 Å². The Labute approximate surface area is 81.2 Å². The van der Waals surface area contributed by atoms with Crippen LogP contribution in [-0.4, -0.2) is 29.7 Å². The highest BCUT2D eigenvalue weighted by Gasteiger charge is 2.44. The number of nitrogens with zero attached hydrogens (tertiary/aromatic N) is 1. The number of rotatable bonds is 3. The lowest BCUT2D eigenvalue weighted by Crippen LogP contribution is -2.23. The molecule has 0 amide bonds. The van der Waals surface area contributed by atoms with Crippen molar-refractivity contribution >= 4 is 5.97 Å². The van der Waals surface area contributed by atoms with E-state index in [1.807, 2.05) is 0 Å². The average molecular weight is 226 g/mol. The van der Waals surface area contributed by atoms with Crippen molar-refractivity contribution in [3.63, 3.8) is 0 Å². The molecule has 0 atom stereocenters. The first-order chi connectivity index (χ1) is 6.89. The summed E-state index contributed by atoms with van der Waals surface area (Å²) in [7, 11) is 1.02. The first kappa shape index (κ1) is 11.5. The fourth-order valence-electron chi connectivity index (χ4n) is 0.819. The van der Waals surface area contributed by atoms with Crippen molar-refractivity contribution in [2.75, 3.05) is 7.11 Å². The molecule has 0 fully saturated rings. The summed E-state index contributed by atoms with van der Waals surface area (Å²) in [4.78, 5) is 10.8. The molecule has 0 aliphatic rings. The van der Waals surface area contributed by atoms with Crippen LogP contribution in [-0.2, 0) is 10.7 Å². The second kappa shape index (κ2) is 3.87. The maximum absolute atomic E-state index is 12.7. The summed E-state index contributed by atoms with van der Waals surface area (Å²) in [6, 6.07) is 0.526. The van der Waals surface area contributed by atoms with Crippen molar-refractivity contribution in [2.24, 2.45) is 0 Å². The average Bonchev–Trinajstić information content (AvgIpc) is 2.65. The van der Waals surface area contributed by atoms with Gasteiger partial charge >= 0.3 is 18.3 Å². The molecule has 1 heterocycles. The van der Waals surface area contributed by atoms with Crippen LogP contribution in [0.2, 0.25) is 0 Å². The molecule has 0 radical (unpaired) electrons. The van der Waals surface area contributed by atoms with Gasteiger partial charge in [0.05, 0.1) is 7.11 Å².